The Kier molecular flexibility index (Phi) is 5.73. The maximum atomic E-state index is 13.0. The van der Waals surface area contributed by atoms with E-state index in [1.165, 1.54) is 0 Å². The van der Waals surface area contributed by atoms with E-state index < -0.39 is 10.8 Å². The van der Waals surface area contributed by atoms with Crippen molar-refractivity contribution in [2.75, 3.05) is 0 Å². The number of hydrogen-bond acceptors (Lipinski definition) is 3. The Labute approximate surface area is 149 Å². The highest BCUT2D eigenvalue weighted by Gasteiger charge is 2.48. The van der Waals surface area contributed by atoms with E-state index in [-0.39, 0.29) is 12.2 Å². The van der Waals surface area contributed by atoms with E-state index >= 15 is 0 Å². The lowest BCUT2D eigenvalue weighted by Gasteiger charge is -2.38. The Hall–Kier alpha value is -2.91. The van der Waals surface area contributed by atoms with Crippen LogP contribution in [0.3, 0.4) is 0 Å². The molecule has 1 aliphatic rings. The molecule has 0 radical (unpaired) electrons. The number of carbonyl (C=O) groups excluding carboxylic acids is 1. The Morgan fingerprint density at radius 1 is 1.32 bits per heavy atom. The standard InChI is InChI=1S/C22H22N2O/c1-3-14-22(16-23,17-24)19-11-7-8-15-21(19,2)20(25)13-12-18-9-5-4-6-10-18/h3-6,9-13H,1,7-8,14-15H2,2H3/b13-12+. The van der Waals surface area contributed by atoms with Gasteiger partial charge in [0.15, 0.2) is 11.2 Å². The molecule has 3 heteroatoms. The van der Waals surface area contributed by atoms with Gasteiger partial charge >= 0.3 is 0 Å². The lowest BCUT2D eigenvalue weighted by Crippen LogP contribution is -2.38. The quantitative estimate of drug-likeness (QED) is 0.545. The molecule has 0 bridgehead atoms. The number of ketones is 1. The van der Waals surface area contributed by atoms with Gasteiger partial charge in [-0.05, 0) is 43.4 Å². The van der Waals surface area contributed by atoms with Gasteiger partial charge in [-0.25, -0.2) is 0 Å². The summed E-state index contributed by atoms with van der Waals surface area (Å²) in [4.78, 5) is 13.0. The Bertz CT molecular complexity index is 776. The average molecular weight is 330 g/mol. The van der Waals surface area contributed by atoms with E-state index in [0.717, 1.165) is 18.4 Å². The minimum absolute atomic E-state index is 0.0683. The van der Waals surface area contributed by atoms with Gasteiger partial charge in [-0.2, -0.15) is 10.5 Å². The zero-order chi connectivity index (χ0) is 18.3. The molecule has 0 heterocycles. The summed E-state index contributed by atoms with van der Waals surface area (Å²) in [6, 6.07) is 13.9. The van der Waals surface area contributed by atoms with Crippen LogP contribution in [0, 0.1) is 33.5 Å². The van der Waals surface area contributed by atoms with E-state index in [1.54, 1.807) is 18.2 Å². The highest BCUT2D eigenvalue weighted by molar-refractivity contribution is 6.00. The normalized spacial score (nSPS) is 20.4. The third kappa shape index (κ3) is 3.62. The molecule has 126 valence electrons. The van der Waals surface area contributed by atoms with Gasteiger partial charge < -0.3 is 0 Å². The highest BCUT2D eigenvalue weighted by Crippen LogP contribution is 2.48. The molecular weight excluding hydrogens is 308 g/mol. The fraction of sp³-hybridized carbons (Fsp3) is 0.318. The Balaban J connectivity index is 2.41. The number of benzene rings is 1. The molecule has 1 aliphatic carbocycles. The van der Waals surface area contributed by atoms with E-state index in [4.69, 9.17) is 0 Å². The fourth-order valence-corrected chi connectivity index (χ4v) is 3.45. The first-order chi connectivity index (χ1) is 12.0. The molecular formula is C22H22N2O. The average Bonchev–Trinajstić information content (AvgIpc) is 2.65. The molecule has 0 fully saturated rings. The van der Waals surface area contributed by atoms with Gasteiger partial charge in [0.25, 0.3) is 0 Å². The van der Waals surface area contributed by atoms with Crippen LogP contribution in [0.1, 0.15) is 38.2 Å². The van der Waals surface area contributed by atoms with E-state index in [1.807, 2.05) is 43.3 Å². The molecule has 0 aromatic heterocycles. The van der Waals surface area contributed by atoms with Crippen LogP contribution in [-0.4, -0.2) is 5.78 Å². The summed E-state index contributed by atoms with van der Waals surface area (Å²) >= 11 is 0. The zero-order valence-electron chi connectivity index (χ0n) is 14.5. The first kappa shape index (κ1) is 18.4. The predicted molar refractivity (Wildman–Crippen MR) is 99.0 cm³/mol. The van der Waals surface area contributed by atoms with E-state index in [9.17, 15) is 15.3 Å². The van der Waals surface area contributed by atoms with Crippen molar-refractivity contribution in [2.45, 2.75) is 32.6 Å². The first-order valence-electron chi connectivity index (χ1n) is 8.44. The van der Waals surface area contributed by atoms with Gasteiger partial charge in [-0.15, -0.1) is 6.58 Å². The molecule has 0 saturated carbocycles. The summed E-state index contributed by atoms with van der Waals surface area (Å²) in [5.74, 6) is -0.0683. The number of nitriles is 2. The minimum atomic E-state index is -1.33. The fourth-order valence-electron chi connectivity index (χ4n) is 3.45. The summed E-state index contributed by atoms with van der Waals surface area (Å²) in [7, 11) is 0. The number of hydrogen-bond donors (Lipinski definition) is 0. The molecule has 1 aromatic carbocycles. The Morgan fingerprint density at radius 2 is 2.00 bits per heavy atom. The van der Waals surface area contributed by atoms with Crippen molar-refractivity contribution in [2.24, 2.45) is 10.8 Å². The van der Waals surface area contributed by atoms with Crippen LogP contribution < -0.4 is 0 Å². The van der Waals surface area contributed by atoms with Gasteiger partial charge in [0, 0.05) is 6.42 Å². The number of allylic oxidation sites excluding steroid dienone is 4. The maximum absolute atomic E-state index is 13.0. The minimum Gasteiger partial charge on any atom is -0.294 e. The molecule has 0 N–H and O–H groups in total. The van der Waals surface area contributed by atoms with Crippen molar-refractivity contribution in [3.63, 3.8) is 0 Å². The summed E-state index contributed by atoms with van der Waals surface area (Å²) in [5, 5.41) is 19.4. The molecule has 1 aromatic rings. The van der Waals surface area contributed by atoms with Gasteiger partial charge in [0.1, 0.15) is 0 Å². The molecule has 1 unspecified atom stereocenters. The molecule has 0 spiro atoms. The second kappa shape index (κ2) is 7.77. The Morgan fingerprint density at radius 3 is 2.60 bits per heavy atom. The SMILES string of the molecule is C=CCC(C#N)(C#N)C1=CCCCC1(C)C(=O)/C=C/c1ccccc1. The smallest absolute Gasteiger partial charge is 0.169 e. The number of nitrogens with zero attached hydrogens (tertiary/aromatic N) is 2. The van der Waals surface area contributed by atoms with Crippen LogP contribution >= 0.6 is 0 Å². The summed E-state index contributed by atoms with van der Waals surface area (Å²) in [6.45, 7) is 5.53. The largest absolute Gasteiger partial charge is 0.294 e. The molecule has 1 atom stereocenters. The second-order valence-electron chi connectivity index (χ2n) is 6.57. The summed E-state index contributed by atoms with van der Waals surface area (Å²) < 4.78 is 0. The van der Waals surface area contributed by atoms with Crippen molar-refractivity contribution in [3.05, 3.63) is 66.3 Å². The predicted octanol–water partition coefficient (Wildman–Crippen LogP) is 5.00. The molecule has 0 amide bonds. The van der Waals surface area contributed by atoms with Crippen LogP contribution in [0.5, 0.6) is 0 Å². The molecule has 0 saturated heterocycles. The van der Waals surface area contributed by atoms with Gasteiger partial charge in [-0.3, -0.25) is 4.79 Å². The highest BCUT2D eigenvalue weighted by atomic mass is 16.1. The van der Waals surface area contributed by atoms with Gasteiger partial charge in [0.05, 0.1) is 17.6 Å². The topological polar surface area (TPSA) is 64.7 Å². The lowest BCUT2D eigenvalue weighted by atomic mass is 9.61. The number of rotatable bonds is 6. The maximum Gasteiger partial charge on any atom is 0.169 e. The molecule has 2 rings (SSSR count). The monoisotopic (exact) mass is 330 g/mol. The summed E-state index contributed by atoms with van der Waals surface area (Å²) in [5.41, 5.74) is -0.594. The third-order valence-electron chi connectivity index (χ3n) is 4.89. The van der Waals surface area contributed by atoms with Crippen LogP contribution in [0.4, 0.5) is 0 Å². The molecule has 3 nitrogen and oxygen atoms in total. The molecule has 0 aliphatic heterocycles. The summed E-state index contributed by atoms with van der Waals surface area (Å²) in [6.07, 6.45) is 9.35. The van der Waals surface area contributed by atoms with Crippen LogP contribution in [-0.2, 0) is 4.79 Å². The van der Waals surface area contributed by atoms with Crippen molar-refractivity contribution in [1.82, 2.24) is 0 Å². The second-order valence-corrected chi connectivity index (χ2v) is 6.57. The first-order valence-corrected chi connectivity index (χ1v) is 8.44. The number of carbonyl (C=O) groups is 1. The third-order valence-corrected chi connectivity index (χ3v) is 4.89. The molecule has 25 heavy (non-hydrogen) atoms. The van der Waals surface area contributed by atoms with Crippen molar-refractivity contribution in [1.29, 1.82) is 10.5 Å². The van der Waals surface area contributed by atoms with E-state index in [0.29, 0.717) is 12.0 Å². The van der Waals surface area contributed by atoms with Crippen molar-refractivity contribution in [3.8, 4) is 12.1 Å². The zero-order valence-corrected chi connectivity index (χ0v) is 14.5. The van der Waals surface area contributed by atoms with Gasteiger partial charge in [-0.1, -0.05) is 48.6 Å². The van der Waals surface area contributed by atoms with Gasteiger partial charge in [0.2, 0.25) is 0 Å². The van der Waals surface area contributed by atoms with Crippen LogP contribution in [0.15, 0.2) is 60.7 Å². The van der Waals surface area contributed by atoms with Crippen LogP contribution in [0.2, 0.25) is 0 Å². The lowest BCUT2D eigenvalue weighted by molar-refractivity contribution is -0.122. The van der Waals surface area contributed by atoms with Crippen molar-refractivity contribution >= 4 is 11.9 Å². The van der Waals surface area contributed by atoms with E-state index in [2.05, 4.69) is 18.7 Å². The van der Waals surface area contributed by atoms with Crippen LogP contribution in [0.25, 0.3) is 6.08 Å². The van der Waals surface area contributed by atoms with Crippen molar-refractivity contribution < 1.29 is 4.79 Å².